The highest BCUT2D eigenvalue weighted by atomic mass is 35.5. The van der Waals surface area contributed by atoms with Crippen molar-refractivity contribution in [2.45, 2.75) is 30.2 Å². The van der Waals surface area contributed by atoms with E-state index in [9.17, 15) is 8.42 Å². The molecule has 0 bridgehead atoms. The molecular weight excluding hydrogens is 420 g/mol. The fraction of sp³-hybridized carbons (Fsp3) is 0.391. The molecule has 3 atom stereocenters. The molecule has 5 rings (SSSR count). The van der Waals surface area contributed by atoms with E-state index in [-0.39, 0.29) is 12.0 Å². The normalized spacial score (nSPS) is 26.1. The second-order valence-corrected chi connectivity index (χ2v) is 10.6. The third kappa shape index (κ3) is 3.26. The number of hydrogen-bond acceptors (Lipinski definition) is 4. The van der Waals surface area contributed by atoms with Crippen LogP contribution in [0.2, 0.25) is 5.02 Å². The summed E-state index contributed by atoms with van der Waals surface area (Å²) in [6, 6.07) is 11.5. The number of morpholine rings is 1. The Balaban J connectivity index is 1.47. The summed E-state index contributed by atoms with van der Waals surface area (Å²) < 4.78 is 32.7. The average molecular weight is 445 g/mol. The molecule has 1 saturated heterocycles. The lowest BCUT2D eigenvalue weighted by atomic mass is 9.76. The molecule has 1 fully saturated rings. The number of benzene rings is 2. The van der Waals surface area contributed by atoms with Crippen molar-refractivity contribution in [2.75, 3.05) is 31.6 Å². The number of rotatable bonds is 3. The maximum atomic E-state index is 12.9. The van der Waals surface area contributed by atoms with Gasteiger partial charge < -0.3 is 10.1 Å². The van der Waals surface area contributed by atoms with Crippen molar-refractivity contribution in [1.29, 1.82) is 0 Å². The number of fused-ring (bicyclic) bond motifs is 3. The average Bonchev–Trinajstić information content (AvgIpc) is 3.26. The van der Waals surface area contributed by atoms with Gasteiger partial charge in [0.2, 0.25) is 10.0 Å². The minimum Gasteiger partial charge on any atom is -0.379 e. The van der Waals surface area contributed by atoms with Crippen molar-refractivity contribution in [2.24, 2.45) is 5.92 Å². The lowest BCUT2D eigenvalue weighted by Gasteiger charge is -2.39. The summed E-state index contributed by atoms with van der Waals surface area (Å²) in [5.74, 6) is 0.633. The fourth-order valence-electron chi connectivity index (χ4n) is 4.92. The van der Waals surface area contributed by atoms with Crippen molar-refractivity contribution in [1.82, 2.24) is 4.31 Å². The molecule has 1 aliphatic carbocycles. The van der Waals surface area contributed by atoms with E-state index in [0.717, 1.165) is 22.7 Å². The van der Waals surface area contributed by atoms with E-state index in [1.165, 1.54) is 15.4 Å². The van der Waals surface area contributed by atoms with E-state index in [2.05, 4.69) is 24.4 Å². The van der Waals surface area contributed by atoms with Crippen LogP contribution in [-0.2, 0) is 14.8 Å². The van der Waals surface area contributed by atoms with E-state index in [1.54, 1.807) is 12.1 Å². The smallest absolute Gasteiger partial charge is 0.243 e. The molecule has 158 valence electrons. The number of halogens is 1. The second-order valence-electron chi connectivity index (χ2n) is 8.21. The van der Waals surface area contributed by atoms with Gasteiger partial charge in [0, 0.05) is 35.3 Å². The summed E-state index contributed by atoms with van der Waals surface area (Å²) in [5, 5.41) is 4.52. The molecule has 2 aliphatic heterocycles. The largest absolute Gasteiger partial charge is 0.379 e. The van der Waals surface area contributed by atoms with Crippen LogP contribution in [0.3, 0.4) is 0 Å². The molecule has 0 saturated carbocycles. The fourth-order valence-corrected chi connectivity index (χ4v) is 6.61. The summed E-state index contributed by atoms with van der Waals surface area (Å²) in [4.78, 5) is 0.338. The quantitative estimate of drug-likeness (QED) is 0.708. The Morgan fingerprint density at radius 1 is 1.10 bits per heavy atom. The van der Waals surface area contributed by atoms with Crippen LogP contribution < -0.4 is 5.32 Å². The van der Waals surface area contributed by atoms with Gasteiger partial charge in [-0.15, -0.1) is 0 Å². The van der Waals surface area contributed by atoms with Crippen LogP contribution in [0.1, 0.15) is 35.1 Å². The summed E-state index contributed by atoms with van der Waals surface area (Å²) in [6.45, 7) is 3.79. The van der Waals surface area contributed by atoms with E-state index in [1.807, 2.05) is 24.3 Å². The molecule has 0 spiro atoms. The summed E-state index contributed by atoms with van der Waals surface area (Å²) in [6.07, 6.45) is 5.47. The highest BCUT2D eigenvalue weighted by molar-refractivity contribution is 7.89. The predicted octanol–water partition coefficient (Wildman–Crippen LogP) is 4.50. The van der Waals surface area contributed by atoms with E-state index in [4.69, 9.17) is 16.3 Å². The number of nitrogens with zero attached hydrogens (tertiary/aromatic N) is 1. The summed E-state index contributed by atoms with van der Waals surface area (Å²) >= 11 is 6.57. The Labute approximate surface area is 182 Å². The molecule has 0 aromatic heterocycles. The zero-order valence-electron chi connectivity index (χ0n) is 16.8. The highest BCUT2D eigenvalue weighted by Crippen LogP contribution is 2.52. The van der Waals surface area contributed by atoms with Gasteiger partial charge in [-0.25, -0.2) is 8.42 Å². The first-order valence-electron chi connectivity index (χ1n) is 10.4. The second kappa shape index (κ2) is 7.68. The molecule has 30 heavy (non-hydrogen) atoms. The van der Waals surface area contributed by atoms with Gasteiger partial charge in [0.1, 0.15) is 0 Å². The van der Waals surface area contributed by atoms with Crippen LogP contribution >= 0.6 is 11.6 Å². The van der Waals surface area contributed by atoms with Crippen molar-refractivity contribution in [3.63, 3.8) is 0 Å². The summed E-state index contributed by atoms with van der Waals surface area (Å²) in [5.41, 5.74) is 4.55. The van der Waals surface area contributed by atoms with Crippen LogP contribution in [0.4, 0.5) is 5.69 Å². The third-order valence-corrected chi connectivity index (χ3v) is 8.76. The van der Waals surface area contributed by atoms with E-state index >= 15 is 0 Å². The Morgan fingerprint density at radius 3 is 2.57 bits per heavy atom. The molecular formula is C23H25ClN2O3S. The monoisotopic (exact) mass is 444 g/mol. The minimum atomic E-state index is -3.48. The Bertz CT molecular complexity index is 1090. The third-order valence-electron chi connectivity index (χ3n) is 6.52. The lowest BCUT2D eigenvalue weighted by Crippen LogP contribution is -2.40. The van der Waals surface area contributed by atoms with Crippen molar-refractivity contribution in [3.05, 3.63) is 70.3 Å². The molecule has 2 aromatic carbocycles. The minimum absolute atomic E-state index is 0.106. The zero-order valence-corrected chi connectivity index (χ0v) is 18.4. The number of anilines is 1. The number of hydrogen-bond donors (Lipinski definition) is 1. The Hall–Kier alpha value is -1.86. The Morgan fingerprint density at radius 2 is 1.83 bits per heavy atom. The first kappa shape index (κ1) is 20.1. The van der Waals surface area contributed by atoms with Crippen molar-refractivity contribution < 1.29 is 13.2 Å². The Kier molecular flexibility index (Phi) is 5.14. The highest BCUT2D eigenvalue weighted by Gasteiger charge is 2.39. The number of ether oxygens (including phenoxy) is 1. The van der Waals surface area contributed by atoms with Gasteiger partial charge in [0.15, 0.2) is 0 Å². The van der Waals surface area contributed by atoms with Crippen LogP contribution in [0, 0.1) is 12.8 Å². The van der Waals surface area contributed by atoms with Crippen LogP contribution in [0.25, 0.3) is 0 Å². The summed E-state index contributed by atoms with van der Waals surface area (Å²) in [7, 11) is -3.48. The molecule has 0 unspecified atom stereocenters. The first-order valence-corrected chi connectivity index (χ1v) is 12.2. The van der Waals surface area contributed by atoms with Crippen LogP contribution in [0.15, 0.2) is 53.4 Å². The van der Waals surface area contributed by atoms with E-state index in [0.29, 0.717) is 37.1 Å². The number of nitrogens with one attached hydrogen (secondary N) is 1. The molecule has 2 aromatic rings. The number of allylic oxidation sites excluding steroid dienone is 2. The number of sulfonamides is 1. The standard InChI is InChI=1S/C23H25ClN2O3S/c1-15-5-10-20(24)21-18-3-2-4-19(18)23(25-22(15)21)16-6-8-17(9-7-16)30(27,28)26-11-13-29-14-12-26/h2-3,5-10,18-19,23,25H,4,11-14H2,1H3/t18-,19+,23+/m1/s1. The zero-order chi connectivity index (χ0) is 20.9. The van der Waals surface area contributed by atoms with Crippen molar-refractivity contribution in [3.8, 4) is 0 Å². The lowest BCUT2D eigenvalue weighted by molar-refractivity contribution is 0.0730. The van der Waals surface area contributed by atoms with Gasteiger partial charge in [-0.2, -0.15) is 4.31 Å². The van der Waals surface area contributed by atoms with Gasteiger partial charge in [-0.1, -0.05) is 42.0 Å². The van der Waals surface area contributed by atoms with Gasteiger partial charge >= 0.3 is 0 Å². The SMILES string of the molecule is Cc1ccc(Cl)c2c1N[C@@H](c1ccc(S(=O)(=O)N3CCOCC3)cc1)[C@H]1CC=C[C@@H]21. The molecule has 0 radical (unpaired) electrons. The van der Waals surface area contributed by atoms with E-state index < -0.39 is 10.0 Å². The molecule has 0 amide bonds. The topological polar surface area (TPSA) is 58.6 Å². The van der Waals surface area contributed by atoms with Crippen molar-refractivity contribution >= 4 is 27.3 Å². The predicted molar refractivity (Wildman–Crippen MR) is 119 cm³/mol. The first-order chi connectivity index (χ1) is 14.5. The maximum Gasteiger partial charge on any atom is 0.243 e. The molecule has 1 N–H and O–H groups in total. The molecule has 7 heteroatoms. The van der Waals surface area contributed by atoms with Gasteiger partial charge in [0.25, 0.3) is 0 Å². The van der Waals surface area contributed by atoms with Crippen LogP contribution in [0.5, 0.6) is 0 Å². The molecule has 2 heterocycles. The maximum absolute atomic E-state index is 12.9. The molecule has 5 nitrogen and oxygen atoms in total. The van der Waals surface area contributed by atoms with Gasteiger partial charge in [-0.3, -0.25) is 0 Å². The van der Waals surface area contributed by atoms with Gasteiger partial charge in [-0.05, 0) is 48.6 Å². The molecule has 3 aliphatic rings. The van der Waals surface area contributed by atoms with Gasteiger partial charge in [0.05, 0.1) is 24.2 Å². The van der Waals surface area contributed by atoms with Crippen LogP contribution in [-0.4, -0.2) is 39.0 Å². The number of aryl methyl sites for hydroxylation is 1.